The molecule has 0 aliphatic carbocycles. The molecule has 5 nitrogen and oxygen atoms in total. The molecule has 1 atom stereocenters. The van der Waals surface area contributed by atoms with Crippen LogP contribution in [0.2, 0.25) is 0 Å². The second kappa shape index (κ2) is 10.0. The standard InChI is InChI=1S/C22H25N3O2S/c1-3-25(4-2)21(18-10-13-28-16-18)15-24-22(26)17-6-5-7-20(14-17)27-19-8-11-23-12-9-19/h5-14,16,21H,3-4,15H2,1-2H3,(H,24,26). The zero-order valence-corrected chi connectivity index (χ0v) is 17.0. The summed E-state index contributed by atoms with van der Waals surface area (Å²) < 4.78 is 5.80. The number of thiophene rings is 1. The fraction of sp³-hybridized carbons (Fsp3) is 0.273. The predicted octanol–water partition coefficient (Wildman–Crippen LogP) is 4.75. The minimum atomic E-state index is -0.104. The summed E-state index contributed by atoms with van der Waals surface area (Å²) in [6, 6.07) is 13.1. The summed E-state index contributed by atoms with van der Waals surface area (Å²) in [6.07, 6.45) is 3.34. The van der Waals surface area contributed by atoms with E-state index in [4.69, 9.17) is 4.74 Å². The van der Waals surface area contributed by atoms with Gasteiger partial charge in [0.05, 0.1) is 6.04 Å². The minimum absolute atomic E-state index is 0.104. The van der Waals surface area contributed by atoms with Crippen LogP contribution in [0.15, 0.2) is 65.6 Å². The molecule has 1 aromatic carbocycles. The average molecular weight is 396 g/mol. The molecule has 146 valence electrons. The summed E-state index contributed by atoms with van der Waals surface area (Å²) in [5, 5.41) is 7.31. The second-order valence-corrected chi connectivity index (χ2v) is 7.10. The molecule has 3 rings (SSSR count). The molecule has 6 heteroatoms. The molecular formula is C22H25N3O2S. The van der Waals surface area contributed by atoms with Gasteiger partial charge in [0.25, 0.3) is 5.91 Å². The van der Waals surface area contributed by atoms with Gasteiger partial charge in [-0.05, 0) is 65.8 Å². The van der Waals surface area contributed by atoms with Crippen molar-refractivity contribution in [2.45, 2.75) is 19.9 Å². The molecule has 0 saturated heterocycles. The van der Waals surface area contributed by atoms with Crippen LogP contribution in [0, 0.1) is 0 Å². The van der Waals surface area contributed by atoms with Gasteiger partial charge in [0.2, 0.25) is 0 Å². The van der Waals surface area contributed by atoms with E-state index in [0.717, 1.165) is 13.1 Å². The zero-order chi connectivity index (χ0) is 19.8. The number of hydrogen-bond donors (Lipinski definition) is 1. The van der Waals surface area contributed by atoms with Crippen molar-refractivity contribution < 1.29 is 9.53 Å². The van der Waals surface area contributed by atoms with Crippen molar-refractivity contribution in [2.24, 2.45) is 0 Å². The van der Waals surface area contributed by atoms with Gasteiger partial charge in [0, 0.05) is 24.5 Å². The lowest BCUT2D eigenvalue weighted by molar-refractivity contribution is 0.0934. The smallest absolute Gasteiger partial charge is 0.251 e. The molecule has 0 aliphatic rings. The summed E-state index contributed by atoms with van der Waals surface area (Å²) in [5.74, 6) is 1.20. The van der Waals surface area contributed by atoms with E-state index in [1.54, 1.807) is 48.0 Å². The van der Waals surface area contributed by atoms with Crippen molar-refractivity contribution in [3.8, 4) is 11.5 Å². The molecule has 1 amide bonds. The lowest BCUT2D eigenvalue weighted by Crippen LogP contribution is -2.37. The number of rotatable bonds is 9. The molecule has 28 heavy (non-hydrogen) atoms. The molecule has 1 unspecified atom stereocenters. The molecule has 0 fully saturated rings. The number of carbonyl (C=O) groups excluding carboxylic acids is 1. The summed E-state index contributed by atoms with van der Waals surface area (Å²) in [6.45, 7) is 6.71. The first kappa shape index (κ1) is 20.0. The maximum atomic E-state index is 12.7. The fourth-order valence-electron chi connectivity index (χ4n) is 3.12. The van der Waals surface area contributed by atoms with Gasteiger partial charge in [-0.15, -0.1) is 0 Å². The molecule has 1 N–H and O–H groups in total. The predicted molar refractivity (Wildman–Crippen MR) is 113 cm³/mol. The van der Waals surface area contributed by atoms with Gasteiger partial charge in [-0.2, -0.15) is 11.3 Å². The van der Waals surface area contributed by atoms with Crippen molar-refractivity contribution in [1.29, 1.82) is 0 Å². The number of nitrogens with one attached hydrogen (secondary N) is 1. The number of benzene rings is 1. The molecule has 0 saturated carbocycles. The van der Waals surface area contributed by atoms with Crippen molar-refractivity contribution in [3.63, 3.8) is 0 Å². The summed E-state index contributed by atoms with van der Waals surface area (Å²) in [4.78, 5) is 19.1. The van der Waals surface area contributed by atoms with E-state index in [1.807, 2.05) is 12.1 Å². The Balaban J connectivity index is 1.67. The van der Waals surface area contributed by atoms with Gasteiger partial charge in [-0.1, -0.05) is 19.9 Å². The normalized spacial score (nSPS) is 12.0. The lowest BCUT2D eigenvalue weighted by atomic mass is 10.1. The first-order chi connectivity index (χ1) is 13.7. The third-order valence-electron chi connectivity index (χ3n) is 4.62. The van der Waals surface area contributed by atoms with Crippen LogP contribution in [0.1, 0.15) is 35.8 Å². The number of nitrogens with zero attached hydrogens (tertiary/aromatic N) is 2. The fourth-order valence-corrected chi connectivity index (χ4v) is 3.83. The Hall–Kier alpha value is -2.70. The molecule has 0 bridgehead atoms. The van der Waals surface area contributed by atoms with Crippen LogP contribution < -0.4 is 10.1 Å². The molecule has 0 spiro atoms. The number of pyridine rings is 1. The average Bonchev–Trinajstić information content (AvgIpc) is 3.26. The van der Waals surface area contributed by atoms with Gasteiger partial charge >= 0.3 is 0 Å². The van der Waals surface area contributed by atoms with Gasteiger partial charge in [0.1, 0.15) is 11.5 Å². The highest BCUT2D eigenvalue weighted by Gasteiger charge is 2.19. The molecule has 0 aliphatic heterocycles. The number of likely N-dealkylation sites (N-methyl/N-ethyl adjacent to an activating group) is 1. The summed E-state index contributed by atoms with van der Waals surface area (Å²) in [7, 11) is 0. The van der Waals surface area contributed by atoms with Crippen LogP contribution in [0.25, 0.3) is 0 Å². The molecular weight excluding hydrogens is 370 g/mol. The van der Waals surface area contributed by atoms with Crippen LogP contribution in [-0.2, 0) is 0 Å². The van der Waals surface area contributed by atoms with Crippen LogP contribution in [0.4, 0.5) is 0 Å². The van der Waals surface area contributed by atoms with E-state index in [9.17, 15) is 4.79 Å². The minimum Gasteiger partial charge on any atom is -0.457 e. The van der Waals surface area contributed by atoms with E-state index in [1.165, 1.54) is 5.56 Å². The molecule has 0 radical (unpaired) electrons. The first-order valence-electron chi connectivity index (χ1n) is 9.43. The monoisotopic (exact) mass is 395 g/mol. The van der Waals surface area contributed by atoms with E-state index in [0.29, 0.717) is 23.6 Å². The number of ether oxygens (including phenoxy) is 1. The Morgan fingerprint density at radius 3 is 2.61 bits per heavy atom. The van der Waals surface area contributed by atoms with E-state index in [-0.39, 0.29) is 11.9 Å². The summed E-state index contributed by atoms with van der Waals surface area (Å²) >= 11 is 1.68. The topological polar surface area (TPSA) is 54.5 Å². The highest BCUT2D eigenvalue weighted by atomic mass is 32.1. The van der Waals surface area contributed by atoms with E-state index in [2.05, 4.69) is 45.9 Å². The van der Waals surface area contributed by atoms with E-state index >= 15 is 0 Å². The maximum Gasteiger partial charge on any atom is 0.251 e. The van der Waals surface area contributed by atoms with Gasteiger partial charge in [-0.25, -0.2) is 0 Å². The number of carbonyl (C=O) groups is 1. The second-order valence-electron chi connectivity index (χ2n) is 6.32. The Bertz CT molecular complexity index is 865. The molecule has 3 aromatic rings. The van der Waals surface area contributed by atoms with Crippen molar-refractivity contribution in [1.82, 2.24) is 15.2 Å². The third-order valence-corrected chi connectivity index (χ3v) is 5.32. The molecule has 2 aromatic heterocycles. The van der Waals surface area contributed by atoms with Gasteiger partial charge in [0.15, 0.2) is 0 Å². The number of amides is 1. The molecule has 2 heterocycles. The van der Waals surface area contributed by atoms with Crippen LogP contribution in [0.3, 0.4) is 0 Å². The number of hydrogen-bond acceptors (Lipinski definition) is 5. The maximum absolute atomic E-state index is 12.7. The zero-order valence-electron chi connectivity index (χ0n) is 16.2. The van der Waals surface area contributed by atoms with E-state index < -0.39 is 0 Å². The van der Waals surface area contributed by atoms with Crippen LogP contribution in [-0.4, -0.2) is 35.4 Å². The Kier molecular flexibility index (Phi) is 7.17. The first-order valence-corrected chi connectivity index (χ1v) is 10.4. The van der Waals surface area contributed by atoms with Crippen LogP contribution in [0.5, 0.6) is 11.5 Å². The van der Waals surface area contributed by atoms with Gasteiger partial charge in [-0.3, -0.25) is 14.7 Å². The quantitative estimate of drug-likeness (QED) is 0.568. The largest absolute Gasteiger partial charge is 0.457 e. The SMILES string of the molecule is CCN(CC)C(CNC(=O)c1cccc(Oc2ccncc2)c1)c1ccsc1. The Morgan fingerprint density at radius 1 is 1.14 bits per heavy atom. The Morgan fingerprint density at radius 2 is 1.93 bits per heavy atom. The lowest BCUT2D eigenvalue weighted by Gasteiger charge is -2.29. The van der Waals surface area contributed by atoms with Crippen LogP contribution >= 0.6 is 11.3 Å². The highest BCUT2D eigenvalue weighted by molar-refractivity contribution is 7.07. The van der Waals surface area contributed by atoms with Gasteiger partial charge < -0.3 is 10.1 Å². The van der Waals surface area contributed by atoms with Crippen molar-refractivity contribution in [2.75, 3.05) is 19.6 Å². The highest BCUT2D eigenvalue weighted by Crippen LogP contribution is 2.23. The van der Waals surface area contributed by atoms with Crippen molar-refractivity contribution in [3.05, 3.63) is 76.7 Å². The third kappa shape index (κ3) is 5.18. The number of aromatic nitrogens is 1. The Labute approximate surface area is 170 Å². The summed E-state index contributed by atoms with van der Waals surface area (Å²) in [5.41, 5.74) is 1.82. The van der Waals surface area contributed by atoms with Crippen molar-refractivity contribution >= 4 is 17.2 Å².